The van der Waals surface area contributed by atoms with Crippen LogP contribution in [0.15, 0.2) is 0 Å². The van der Waals surface area contributed by atoms with E-state index in [1.165, 1.54) is 0 Å². The second kappa shape index (κ2) is 10.6. The lowest BCUT2D eigenvalue weighted by Gasteiger charge is -2.30. The fourth-order valence-corrected chi connectivity index (χ4v) is 2.45. The standard InChI is InChI=1S/2C8H18O2/c1-5-7(6(2)9)8(3,4)10;1-3-8(2,4-6-9)5-7-10/h6-7,9-10H,5H2,1-4H3;9-10H,3-7H2,1-2H3. The van der Waals surface area contributed by atoms with E-state index >= 15 is 0 Å². The normalized spacial score (nSPS) is 15.3. The minimum Gasteiger partial charge on any atom is -0.396 e. The average molecular weight is 292 g/mol. The van der Waals surface area contributed by atoms with Gasteiger partial charge < -0.3 is 20.4 Å². The highest BCUT2D eigenvalue weighted by molar-refractivity contribution is 4.79. The summed E-state index contributed by atoms with van der Waals surface area (Å²) in [5, 5.41) is 36.0. The molecule has 4 heteroatoms. The molecule has 0 fully saturated rings. The molecule has 124 valence electrons. The van der Waals surface area contributed by atoms with Gasteiger partial charge >= 0.3 is 0 Å². The van der Waals surface area contributed by atoms with Crippen molar-refractivity contribution in [2.24, 2.45) is 11.3 Å². The first-order valence-corrected chi connectivity index (χ1v) is 7.70. The minimum absolute atomic E-state index is 0.0208. The Morgan fingerprint density at radius 3 is 1.45 bits per heavy atom. The van der Waals surface area contributed by atoms with Gasteiger partial charge in [0.2, 0.25) is 0 Å². The molecule has 0 heterocycles. The minimum atomic E-state index is -0.761. The number of hydrogen-bond acceptors (Lipinski definition) is 4. The third-order valence-corrected chi connectivity index (χ3v) is 4.21. The predicted octanol–water partition coefficient (Wildman–Crippen LogP) is 2.33. The fraction of sp³-hybridized carbons (Fsp3) is 1.00. The molecule has 0 saturated carbocycles. The molecule has 0 amide bonds. The molecule has 0 spiro atoms. The second-order valence-electron chi connectivity index (χ2n) is 6.52. The molecular formula is C16H36O4. The quantitative estimate of drug-likeness (QED) is 0.553. The van der Waals surface area contributed by atoms with Crippen molar-refractivity contribution in [3.63, 3.8) is 0 Å². The van der Waals surface area contributed by atoms with E-state index in [-0.39, 0.29) is 24.5 Å². The summed E-state index contributed by atoms with van der Waals surface area (Å²) < 4.78 is 0. The summed E-state index contributed by atoms with van der Waals surface area (Å²) in [6.07, 6.45) is 2.99. The Kier molecular flexibility index (Phi) is 11.7. The lowest BCUT2D eigenvalue weighted by molar-refractivity contribution is -0.0415. The molecule has 4 nitrogen and oxygen atoms in total. The van der Waals surface area contributed by atoms with Gasteiger partial charge in [-0.1, -0.05) is 27.2 Å². The molecule has 0 aromatic heterocycles. The first-order chi connectivity index (χ1) is 9.07. The van der Waals surface area contributed by atoms with Gasteiger partial charge in [-0.3, -0.25) is 0 Å². The third-order valence-electron chi connectivity index (χ3n) is 4.21. The van der Waals surface area contributed by atoms with Crippen molar-refractivity contribution in [1.29, 1.82) is 0 Å². The summed E-state index contributed by atoms with van der Waals surface area (Å²) in [7, 11) is 0. The van der Waals surface area contributed by atoms with Gasteiger partial charge in [-0.05, 0) is 45.4 Å². The molecule has 0 bridgehead atoms. The lowest BCUT2D eigenvalue weighted by atomic mass is 9.81. The zero-order valence-electron chi connectivity index (χ0n) is 14.2. The highest BCUT2D eigenvalue weighted by atomic mass is 16.3. The van der Waals surface area contributed by atoms with Gasteiger partial charge in [-0.15, -0.1) is 0 Å². The average Bonchev–Trinajstić information content (AvgIpc) is 2.28. The van der Waals surface area contributed by atoms with Crippen molar-refractivity contribution >= 4 is 0 Å². The Morgan fingerprint density at radius 2 is 1.35 bits per heavy atom. The van der Waals surface area contributed by atoms with Crippen molar-refractivity contribution in [3.05, 3.63) is 0 Å². The second-order valence-corrected chi connectivity index (χ2v) is 6.52. The largest absolute Gasteiger partial charge is 0.396 e. The molecule has 0 aromatic rings. The molecule has 0 aliphatic heterocycles. The van der Waals surface area contributed by atoms with Gasteiger partial charge in [0.05, 0.1) is 11.7 Å². The topological polar surface area (TPSA) is 80.9 Å². The fourth-order valence-electron chi connectivity index (χ4n) is 2.45. The van der Waals surface area contributed by atoms with Crippen molar-refractivity contribution < 1.29 is 20.4 Å². The van der Waals surface area contributed by atoms with E-state index in [0.29, 0.717) is 0 Å². The first-order valence-electron chi connectivity index (χ1n) is 7.70. The molecule has 4 N–H and O–H groups in total. The number of hydrogen-bond donors (Lipinski definition) is 4. The van der Waals surface area contributed by atoms with Crippen LogP contribution in [0.4, 0.5) is 0 Å². The maximum atomic E-state index is 9.49. The van der Waals surface area contributed by atoms with Gasteiger partial charge in [0, 0.05) is 19.1 Å². The van der Waals surface area contributed by atoms with Crippen LogP contribution in [0, 0.1) is 11.3 Å². The zero-order chi connectivity index (χ0) is 16.4. The molecule has 2 atom stereocenters. The smallest absolute Gasteiger partial charge is 0.0644 e. The first kappa shape index (κ1) is 22.1. The molecule has 0 radical (unpaired) electrons. The van der Waals surface area contributed by atoms with Crippen LogP contribution in [-0.2, 0) is 0 Å². The summed E-state index contributed by atoms with van der Waals surface area (Å²) >= 11 is 0. The van der Waals surface area contributed by atoms with Crippen LogP contribution in [0.25, 0.3) is 0 Å². The van der Waals surface area contributed by atoms with Crippen LogP contribution in [-0.4, -0.2) is 45.3 Å². The van der Waals surface area contributed by atoms with Gasteiger partial charge in [0.25, 0.3) is 0 Å². The molecule has 0 saturated heterocycles. The summed E-state index contributed by atoms with van der Waals surface area (Å²) in [6, 6.07) is 0. The summed E-state index contributed by atoms with van der Waals surface area (Å²) in [4.78, 5) is 0. The number of aliphatic hydroxyl groups is 4. The van der Waals surface area contributed by atoms with E-state index in [2.05, 4.69) is 13.8 Å². The summed E-state index contributed by atoms with van der Waals surface area (Å²) in [5.74, 6) is -0.0208. The number of aliphatic hydroxyl groups excluding tert-OH is 3. The Hall–Kier alpha value is -0.160. The Bertz CT molecular complexity index is 215. The molecule has 0 aromatic carbocycles. The van der Waals surface area contributed by atoms with E-state index < -0.39 is 11.7 Å². The van der Waals surface area contributed by atoms with Crippen LogP contribution in [0.1, 0.15) is 67.2 Å². The highest BCUT2D eigenvalue weighted by Gasteiger charge is 2.28. The molecule has 2 unspecified atom stereocenters. The van der Waals surface area contributed by atoms with Gasteiger partial charge in [0.15, 0.2) is 0 Å². The highest BCUT2D eigenvalue weighted by Crippen LogP contribution is 2.28. The van der Waals surface area contributed by atoms with Gasteiger partial charge in [-0.2, -0.15) is 0 Å². The Labute approximate surface area is 124 Å². The van der Waals surface area contributed by atoms with Crippen molar-refractivity contribution in [2.75, 3.05) is 13.2 Å². The SMILES string of the molecule is CCC(C(C)O)C(C)(C)O.CCC(C)(CCO)CCO. The van der Waals surface area contributed by atoms with Crippen molar-refractivity contribution in [1.82, 2.24) is 0 Å². The predicted molar refractivity (Wildman–Crippen MR) is 83.6 cm³/mol. The van der Waals surface area contributed by atoms with Crippen LogP contribution in [0.3, 0.4) is 0 Å². The maximum Gasteiger partial charge on any atom is 0.0644 e. The Balaban J connectivity index is 0. The molecule has 0 aliphatic rings. The van der Waals surface area contributed by atoms with Gasteiger partial charge in [0.1, 0.15) is 0 Å². The molecule has 20 heavy (non-hydrogen) atoms. The van der Waals surface area contributed by atoms with E-state index in [9.17, 15) is 10.2 Å². The van der Waals surface area contributed by atoms with Crippen LogP contribution < -0.4 is 0 Å². The van der Waals surface area contributed by atoms with Gasteiger partial charge in [-0.25, -0.2) is 0 Å². The van der Waals surface area contributed by atoms with Crippen molar-refractivity contribution in [2.45, 2.75) is 78.9 Å². The molecule has 0 aliphatic carbocycles. The zero-order valence-corrected chi connectivity index (χ0v) is 14.2. The summed E-state index contributed by atoms with van der Waals surface area (Å²) in [5.41, 5.74) is -0.619. The molecule has 0 rings (SSSR count). The van der Waals surface area contributed by atoms with Crippen LogP contribution in [0.5, 0.6) is 0 Å². The maximum absolute atomic E-state index is 9.49. The monoisotopic (exact) mass is 292 g/mol. The lowest BCUT2D eigenvalue weighted by Crippen LogP contribution is -2.37. The van der Waals surface area contributed by atoms with E-state index in [1.807, 2.05) is 6.92 Å². The Morgan fingerprint density at radius 1 is 0.950 bits per heavy atom. The van der Waals surface area contributed by atoms with Crippen molar-refractivity contribution in [3.8, 4) is 0 Å². The summed E-state index contributed by atoms with van der Waals surface area (Å²) in [6.45, 7) is 11.8. The number of rotatable bonds is 8. The van der Waals surface area contributed by atoms with E-state index in [4.69, 9.17) is 10.2 Å². The van der Waals surface area contributed by atoms with Crippen LogP contribution >= 0.6 is 0 Å². The molecular weight excluding hydrogens is 256 g/mol. The third kappa shape index (κ3) is 9.70. The van der Waals surface area contributed by atoms with Crippen LogP contribution in [0.2, 0.25) is 0 Å². The van der Waals surface area contributed by atoms with E-state index in [1.54, 1.807) is 20.8 Å². The van der Waals surface area contributed by atoms with E-state index in [0.717, 1.165) is 25.7 Å².